The molecule has 2 aliphatic rings. The Morgan fingerprint density at radius 2 is 1.72 bits per heavy atom. The minimum absolute atomic E-state index is 0.0391. The summed E-state index contributed by atoms with van der Waals surface area (Å²) in [5.41, 5.74) is 1.12. The maximum Gasteiger partial charge on any atom is 0.407 e. The average molecular weight is 402 g/mol. The second kappa shape index (κ2) is 9.40. The number of amides is 5. The molecule has 0 spiro atoms. The number of carbonyl (C=O) groups excluding carboxylic acids is 4. The summed E-state index contributed by atoms with van der Waals surface area (Å²) in [6.07, 6.45) is 4.33. The van der Waals surface area contributed by atoms with Crippen molar-refractivity contribution in [1.29, 1.82) is 0 Å². The molecule has 1 heterocycles. The van der Waals surface area contributed by atoms with Crippen molar-refractivity contribution in [3.05, 3.63) is 29.3 Å². The van der Waals surface area contributed by atoms with E-state index in [0.29, 0.717) is 16.8 Å². The Kier molecular flexibility index (Phi) is 6.69. The maximum absolute atomic E-state index is 12.8. The summed E-state index contributed by atoms with van der Waals surface area (Å²) < 4.78 is 4.72. The molecule has 0 bridgehead atoms. The van der Waals surface area contributed by atoms with Gasteiger partial charge in [0.05, 0.1) is 17.7 Å². The lowest BCUT2D eigenvalue weighted by molar-refractivity contribution is 0.0548. The minimum atomic E-state index is -0.543. The zero-order chi connectivity index (χ0) is 20.8. The number of ether oxygens (including phenoxy) is 1. The highest BCUT2D eigenvalue weighted by Crippen LogP contribution is 2.32. The van der Waals surface area contributed by atoms with Crippen LogP contribution in [0.1, 0.15) is 59.7 Å². The summed E-state index contributed by atoms with van der Waals surface area (Å²) >= 11 is 0. The van der Waals surface area contributed by atoms with E-state index in [1.54, 1.807) is 19.1 Å². The molecule has 1 aromatic carbocycles. The standard InChI is InChI=1S/C20H26N4O5/c1-2-29-20(28)22-11-10-21-19(27)23-13-8-9-15-16(12-13)18(26)24(17(15)25)14-6-4-3-5-7-14/h8-9,12,14H,2-7,10-11H2,1H3,(H,22,28)(H2,21,23,27). The van der Waals surface area contributed by atoms with Crippen LogP contribution in [0.15, 0.2) is 18.2 Å². The minimum Gasteiger partial charge on any atom is -0.450 e. The number of hydrogen-bond donors (Lipinski definition) is 3. The molecule has 0 saturated heterocycles. The molecule has 29 heavy (non-hydrogen) atoms. The molecule has 0 radical (unpaired) electrons. The SMILES string of the molecule is CCOC(=O)NCCNC(=O)Nc1ccc2c(c1)C(=O)N(C1CCCCC1)C2=O. The molecule has 3 rings (SSSR count). The fourth-order valence-electron chi connectivity index (χ4n) is 3.71. The van der Waals surface area contributed by atoms with Gasteiger partial charge in [-0.1, -0.05) is 19.3 Å². The Labute approximate surface area is 169 Å². The number of nitrogens with zero attached hydrogens (tertiary/aromatic N) is 1. The van der Waals surface area contributed by atoms with Crippen molar-refractivity contribution in [2.24, 2.45) is 0 Å². The summed E-state index contributed by atoms with van der Waals surface area (Å²) in [5, 5.41) is 7.72. The largest absolute Gasteiger partial charge is 0.450 e. The number of urea groups is 1. The Morgan fingerprint density at radius 3 is 2.45 bits per heavy atom. The van der Waals surface area contributed by atoms with Gasteiger partial charge in [0.1, 0.15) is 0 Å². The fourth-order valence-corrected chi connectivity index (χ4v) is 3.71. The molecule has 9 nitrogen and oxygen atoms in total. The number of nitrogens with one attached hydrogen (secondary N) is 3. The van der Waals surface area contributed by atoms with Crippen molar-refractivity contribution in [2.45, 2.75) is 45.1 Å². The third-order valence-electron chi connectivity index (χ3n) is 5.07. The molecule has 156 valence electrons. The fraction of sp³-hybridized carbons (Fsp3) is 0.500. The number of rotatable bonds is 6. The van der Waals surface area contributed by atoms with E-state index in [-0.39, 0.29) is 37.6 Å². The quantitative estimate of drug-likeness (QED) is 0.499. The van der Waals surface area contributed by atoms with E-state index in [0.717, 1.165) is 32.1 Å². The van der Waals surface area contributed by atoms with Crippen molar-refractivity contribution < 1.29 is 23.9 Å². The Hall–Kier alpha value is -3.10. The van der Waals surface area contributed by atoms with Crippen LogP contribution in [0.25, 0.3) is 0 Å². The lowest BCUT2D eigenvalue weighted by Crippen LogP contribution is -2.40. The zero-order valence-corrected chi connectivity index (χ0v) is 16.5. The molecule has 1 fully saturated rings. The molecule has 1 saturated carbocycles. The normalized spacial score (nSPS) is 16.4. The second-order valence-electron chi connectivity index (χ2n) is 7.06. The molecule has 1 aliphatic carbocycles. The van der Waals surface area contributed by atoms with Gasteiger partial charge in [0, 0.05) is 24.8 Å². The topological polar surface area (TPSA) is 117 Å². The predicted octanol–water partition coefficient (Wildman–Crippen LogP) is 2.48. The van der Waals surface area contributed by atoms with Crippen LogP contribution >= 0.6 is 0 Å². The van der Waals surface area contributed by atoms with E-state index in [2.05, 4.69) is 16.0 Å². The lowest BCUT2D eigenvalue weighted by atomic mass is 9.94. The van der Waals surface area contributed by atoms with Crippen LogP contribution in [0.3, 0.4) is 0 Å². The molecular weight excluding hydrogens is 376 g/mol. The Morgan fingerprint density at radius 1 is 1.03 bits per heavy atom. The van der Waals surface area contributed by atoms with Gasteiger partial charge >= 0.3 is 12.1 Å². The van der Waals surface area contributed by atoms with Crippen LogP contribution in [-0.2, 0) is 4.74 Å². The first-order valence-corrected chi connectivity index (χ1v) is 9.98. The van der Waals surface area contributed by atoms with Gasteiger partial charge in [0.15, 0.2) is 0 Å². The molecule has 1 aliphatic heterocycles. The summed E-state index contributed by atoms with van der Waals surface area (Å²) in [6.45, 7) is 2.41. The van der Waals surface area contributed by atoms with Gasteiger partial charge in [-0.25, -0.2) is 9.59 Å². The molecule has 5 amide bonds. The third kappa shape index (κ3) is 4.85. The van der Waals surface area contributed by atoms with E-state index < -0.39 is 12.1 Å². The highest BCUT2D eigenvalue weighted by molar-refractivity contribution is 6.22. The van der Waals surface area contributed by atoms with Gasteiger partial charge in [-0.15, -0.1) is 0 Å². The Bertz CT molecular complexity index is 804. The van der Waals surface area contributed by atoms with Gasteiger partial charge in [0.25, 0.3) is 11.8 Å². The molecule has 0 unspecified atom stereocenters. The van der Waals surface area contributed by atoms with E-state index in [1.165, 1.54) is 11.0 Å². The van der Waals surface area contributed by atoms with Gasteiger partial charge in [-0.2, -0.15) is 0 Å². The van der Waals surface area contributed by atoms with Crippen LogP contribution in [0.2, 0.25) is 0 Å². The smallest absolute Gasteiger partial charge is 0.407 e. The Balaban J connectivity index is 1.55. The first-order chi connectivity index (χ1) is 14.0. The van der Waals surface area contributed by atoms with Gasteiger partial charge in [-0.05, 0) is 38.0 Å². The van der Waals surface area contributed by atoms with Crippen LogP contribution in [0.5, 0.6) is 0 Å². The van der Waals surface area contributed by atoms with Crippen LogP contribution in [-0.4, -0.2) is 54.6 Å². The van der Waals surface area contributed by atoms with E-state index >= 15 is 0 Å². The molecule has 0 atom stereocenters. The van der Waals surface area contributed by atoms with Crippen LogP contribution in [0, 0.1) is 0 Å². The summed E-state index contributed by atoms with van der Waals surface area (Å²) in [7, 11) is 0. The zero-order valence-electron chi connectivity index (χ0n) is 16.5. The highest BCUT2D eigenvalue weighted by atomic mass is 16.5. The van der Waals surface area contributed by atoms with Gasteiger partial charge in [-0.3, -0.25) is 14.5 Å². The number of alkyl carbamates (subject to hydrolysis) is 1. The predicted molar refractivity (Wildman–Crippen MR) is 106 cm³/mol. The maximum atomic E-state index is 12.8. The highest BCUT2D eigenvalue weighted by Gasteiger charge is 2.40. The molecule has 0 aromatic heterocycles. The van der Waals surface area contributed by atoms with Gasteiger partial charge in [0.2, 0.25) is 0 Å². The number of carbonyl (C=O) groups is 4. The summed E-state index contributed by atoms with van der Waals surface area (Å²) in [5.74, 6) is -0.544. The van der Waals surface area contributed by atoms with Gasteiger partial charge < -0.3 is 20.7 Å². The van der Waals surface area contributed by atoms with Crippen molar-refractivity contribution >= 4 is 29.6 Å². The average Bonchev–Trinajstić information content (AvgIpc) is 2.96. The second-order valence-corrected chi connectivity index (χ2v) is 7.06. The number of hydrogen-bond acceptors (Lipinski definition) is 5. The van der Waals surface area contributed by atoms with E-state index in [9.17, 15) is 19.2 Å². The van der Waals surface area contributed by atoms with Crippen molar-refractivity contribution in [2.75, 3.05) is 25.0 Å². The van der Waals surface area contributed by atoms with Crippen LogP contribution < -0.4 is 16.0 Å². The number of imide groups is 1. The number of anilines is 1. The summed E-state index contributed by atoms with van der Waals surface area (Å²) in [6, 6.07) is 4.20. The summed E-state index contributed by atoms with van der Waals surface area (Å²) in [4.78, 5) is 50.0. The number of benzene rings is 1. The van der Waals surface area contributed by atoms with Crippen LogP contribution in [0.4, 0.5) is 15.3 Å². The first-order valence-electron chi connectivity index (χ1n) is 9.98. The molecule has 9 heteroatoms. The first kappa shape index (κ1) is 20.6. The molecule has 3 N–H and O–H groups in total. The molecular formula is C20H26N4O5. The van der Waals surface area contributed by atoms with Crippen molar-refractivity contribution in [1.82, 2.24) is 15.5 Å². The third-order valence-corrected chi connectivity index (χ3v) is 5.07. The lowest BCUT2D eigenvalue weighted by Gasteiger charge is -2.29. The monoisotopic (exact) mass is 402 g/mol. The van der Waals surface area contributed by atoms with Crippen molar-refractivity contribution in [3.63, 3.8) is 0 Å². The van der Waals surface area contributed by atoms with E-state index in [1.807, 2.05) is 0 Å². The van der Waals surface area contributed by atoms with Crippen molar-refractivity contribution in [3.8, 4) is 0 Å². The molecule has 1 aromatic rings. The van der Waals surface area contributed by atoms with E-state index in [4.69, 9.17) is 4.74 Å². The number of fused-ring (bicyclic) bond motifs is 1.